The van der Waals surface area contributed by atoms with Crippen LogP contribution in [0.4, 0.5) is 16.2 Å². The topological polar surface area (TPSA) is 66.6 Å². The Kier molecular flexibility index (Phi) is 3.31. The number of carbonyl (C=O) groups excluding carboxylic acids is 2. The first-order chi connectivity index (χ1) is 10.2. The highest BCUT2D eigenvalue weighted by Crippen LogP contribution is 2.33. The van der Waals surface area contributed by atoms with E-state index < -0.39 is 6.03 Å². The molecule has 1 heterocycles. The largest absolute Gasteiger partial charge is 0.351 e. The maximum absolute atomic E-state index is 11.8. The minimum absolute atomic E-state index is 0.398. The average molecular weight is 281 g/mol. The van der Waals surface area contributed by atoms with Crippen molar-refractivity contribution >= 4 is 23.8 Å². The van der Waals surface area contributed by atoms with Gasteiger partial charge in [-0.15, -0.1) is 0 Å². The van der Waals surface area contributed by atoms with Crippen LogP contribution < -0.4 is 15.5 Å². The Morgan fingerprint density at radius 2 is 1.52 bits per heavy atom. The molecule has 0 unspecified atom stereocenters. The molecule has 3 amide bonds. The van der Waals surface area contributed by atoms with E-state index in [0.29, 0.717) is 24.5 Å². The van der Waals surface area contributed by atoms with Crippen LogP contribution in [0.3, 0.4) is 0 Å². The number of nitrogens with zero attached hydrogens (tertiary/aromatic N) is 2. The van der Waals surface area contributed by atoms with Crippen molar-refractivity contribution in [1.29, 1.82) is 0 Å². The van der Waals surface area contributed by atoms with Gasteiger partial charge in [0.2, 0.25) is 6.41 Å². The molecule has 2 aromatic rings. The number of hydrogen-bond acceptors (Lipinski definition) is 2. The minimum atomic E-state index is -0.537. The molecule has 0 radical (unpaired) electrons. The fraction of sp³-hybridized carbons (Fsp3) is 0.125. The van der Waals surface area contributed by atoms with E-state index in [0.717, 1.165) is 17.5 Å². The molecule has 106 valence electrons. The van der Waals surface area contributed by atoms with Crippen LogP contribution in [0.25, 0.3) is 0 Å². The molecule has 1 aliphatic rings. The lowest BCUT2D eigenvalue weighted by molar-refractivity contribution is -0.107. The van der Waals surface area contributed by atoms with Crippen LogP contribution in [0, 0.1) is 0 Å². The molecule has 5 nitrogen and oxygen atoms in total. The number of amides is 3. The molecule has 0 atom stereocenters. The Bertz CT molecular complexity index is 699. The molecule has 0 saturated carbocycles. The number of carbonyl (C=O) groups is 2. The summed E-state index contributed by atoms with van der Waals surface area (Å²) in [7, 11) is 0. The average Bonchev–Trinajstić information content (AvgIpc) is 2.49. The molecular weight excluding hydrogens is 266 g/mol. The molecule has 0 aromatic heterocycles. The van der Waals surface area contributed by atoms with E-state index >= 15 is 0 Å². The number of urea groups is 1. The van der Waals surface area contributed by atoms with Gasteiger partial charge in [-0.3, -0.25) is 9.69 Å². The van der Waals surface area contributed by atoms with E-state index in [-0.39, 0.29) is 0 Å². The smallest absolute Gasteiger partial charge is 0.319 e. The maximum Gasteiger partial charge on any atom is 0.319 e. The van der Waals surface area contributed by atoms with Crippen molar-refractivity contribution < 1.29 is 9.59 Å². The maximum atomic E-state index is 11.8. The highest BCUT2D eigenvalue weighted by atomic mass is 16.2. The summed E-state index contributed by atoms with van der Waals surface area (Å²) < 4.78 is 0. The fourth-order valence-corrected chi connectivity index (χ4v) is 2.62. The second-order valence-corrected chi connectivity index (χ2v) is 4.92. The van der Waals surface area contributed by atoms with Crippen LogP contribution in [-0.2, 0) is 17.9 Å². The van der Waals surface area contributed by atoms with E-state index in [9.17, 15) is 9.59 Å². The molecule has 2 aromatic carbocycles. The van der Waals surface area contributed by atoms with Gasteiger partial charge in [0.1, 0.15) is 0 Å². The predicted molar refractivity (Wildman–Crippen MR) is 80.9 cm³/mol. The summed E-state index contributed by atoms with van der Waals surface area (Å²) in [6.45, 7) is 0.874. The van der Waals surface area contributed by atoms with Crippen LogP contribution in [0.15, 0.2) is 48.5 Å². The summed E-state index contributed by atoms with van der Waals surface area (Å²) in [5, 5.41) is 0. The molecule has 3 rings (SSSR count). The van der Waals surface area contributed by atoms with Gasteiger partial charge in [-0.25, -0.2) is 4.79 Å². The second-order valence-electron chi connectivity index (χ2n) is 4.92. The van der Waals surface area contributed by atoms with E-state index in [1.807, 2.05) is 42.5 Å². The van der Waals surface area contributed by atoms with Gasteiger partial charge in [0.15, 0.2) is 0 Å². The molecule has 1 aliphatic heterocycles. The van der Waals surface area contributed by atoms with Gasteiger partial charge in [-0.2, -0.15) is 0 Å². The van der Waals surface area contributed by atoms with Crippen molar-refractivity contribution in [3.8, 4) is 0 Å². The normalized spacial score (nSPS) is 13.7. The van der Waals surface area contributed by atoms with Crippen LogP contribution >= 0.6 is 0 Å². The number of nitrogens with two attached hydrogens (primary N) is 1. The number of para-hydroxylation sites is 2. The Balaban J connectivity index is 2.19. The van der Waals surface area contributed by atoms with Crippen molar-refractivity contribution in [2.75, 3.05) is 9.80 Å². The van der Waals surface area contributed by atoms with Crippen molar-refractivity contribution in [2.24, 2.45) is 5.73 Å². The SMILES string of the molecule is NC(=O)N1Cc2ccccc2CN(C=O)c2ccccc21. The summed E-state index contributed by atoms with van der Waals surface area (Å²) >= 11 is 0. The first kappa shape index (κ1) is 13.2. The quantitative estimate of drug-likeness (QED) is 0.815. The zero-order valence-corrected chi connectivity index (χ0v) is 11.4. The van der Waals surface area contributed by atoms with Gasteiger partial charge in [-0.1, -0.05) is 36.4 Å². The second kappa shape index (κ2) is 5.28. The van der Waals surface area contributed by atoms with E-state index in [1.165, 1.54) is 4.90 Å². The number of hydrogen-bond donors (Lipinski definition) is 1. The highest BCUT2D eigenvalue weighted by molar-refractivity contribution is 5.97. The summed E-state index contributed by atoms with van der Waals surface area (Å²) in [6, 6.07) is 14.5. The van der Waals surface area contributed by atoms with Gasteiger partial charge >= 0.3 is 6.03 Å². The van der Waals surface area contributed by atoms with Gasteiger partial charge in [0, 0.05) is 0 Å². The summed E-state index contributed by atoms with van der Waals surface area (Å²) in [5.41, 5.74) is 8.84. The number of fused-ring (bicyclic) bond motifs is 2. The molecule has 0 aliphatic carbocycles. The van der Waals surface area contributed by atoms with Crippen molar-refractivity contribution in [3.63, 3.8) is 0 Å². The Hall–Kier alpha value is -2.82. The standard InChI is InChI=1S/C16H15N3O2/c17-16(21)19-10-13-6-2-1-5-12(13)9-18(11-20)14-7-3-4-8-15(14)19/h1-8,11H,9-10H2,(H2,17,21). The number of rotatable bonds is 1. The Morgan fingerprint density at radius 3 is 2.14 bits per heavy atom. The molecule has 21 heavy (non-hydrogen) atoms. The first-order valence-electron chi connectivity index (χ1n) is 6.65. The predicted octanol–water partition coefficient (Wildman–Crippen LogP) is 2.25. The van der Waals surface area contributed by atoms with Crippen molar-refractivity contribution in [3.05, 3.63) is 59.7 Å². The molecule has 0 saturated heterocycles. The zero-order valence-electron chi connectivity index (χ0n) is 11.4. The first-order valence-corrected chi connectivity index (χ1v) is 6.65. The van der Waals surface area contributed by atoms with Crippen LogP contribution in [0.2, 0.25) is 0 Å². The van der Waals surface area contributed by atoms with Crippen LogP contribution in [0.1, 0.15) is 11.1 Å². The number of primary amides is 1. The fourth-order valence-electron chi connectivity index (χ4n) is 2.62. The van der Waals surface area contributed by atoms with Gasteiger partial charge < -0.3 is 10.6 Å². The lowest BCUT2D eigenvalue weighted by atomic mass is 10.0. The van der Waals surface area contributed by atoms with Gasteiger partial charge in [-0.05, 0) is 23.3 Å². The molecule has 0 spiro atoms. The van der Waals surface area contributed by atoms with E-state index in [2.05, 4.69) is 0 Å². The minimum Gasteiger partial charge on any atom is -0.351 e. The lowest BCUT2D eigenvalue weighted by Crippen LogP contribution is -2.38. The number of benzene rings is 2. The Morgan fingerprint density at radius 1 is 0.952 bits per heavy atom. The third-order valence-corrected chi connectivity index (χ3v) is 3.66. The third kappa shape index (κ3) is 2.33. The molecule has 2 N–H and O–H groups in total. The summed E-state index contributed by atoms with van der Waals surface area (Å²) in [6.07, 6.45) is 0.778. The van der Waals surface area contributed by atoms with Crippen LogP contribution in [-0.4, -0.2) is 12.4 Å². The lowest BCUT2D eigenvalue weighted by Gasteiger charge is -2.31. The zero-order chi connectivity index (χ0) is 14.8. The van der Waals surface area contributed by atoms with Crippen LogP contribution in [0.5, 0.6) is 0 Å². The van der Waals surface area contributed by atoms with Crippen molar-refractivity contribution in [1.82, 2.24) is 0 Å². The highest BCUT2D eigenvalue weighted by Gasteiger charge is 2.23. The third-order valence-electron chi connectivity index (χ3n) is 3.66. The monoisotopic (exact) mass is 281 g/mol. The molecule has 0 fully saturated rings. The van der Waals surface area contributed by atoms with Gasteiger partial charge in [0.25, 0.3) is 0 Å². The molecule has 5 heteroatoms. The van der Waals surface area contributed by atoms with E-state index in [1.54, 1.807) is 11.0 Å². The van der Waals surface area contributed by atoms with Gasteiger partial charge in [0.05, 0.1) is 24.5 Å². The van der Waals surface area contributed by atoms with Crippen molar-refractivity contribution in [2.45, 2.75) is 13.1 Å². The number of anilines is 2. The Labute approximate surface area is 122 Å². The molecular formula is C16H15N3O2. The summed E-state index contributed by atoms with van der Waals surface area (Å²) in [4.78, 5) is 26.4. The van der Waals surface area contributed by atoms with E-state index in [4.69, 9.17) is 5.73 Å². The molecule has 0 bridgehead atoms. The summed E-state index contributed by atoms with van der Waals surface area (Å²) in [5.74, 6) is 0.